The van der Waals surface area contributed by atoms with Crippen molar-refractivity contribution in [2.45, 2.75) is 64.8 Å². The maximum atomic E-state index is 13.9. The number of amides is 1. The second-order valence-corrected chi connectivity index (χ2v) is 8.80. The van der Waals surface area contributed by atoms with Gasteiger partial charge in [-0.05, 0) is 45.2 Å². The predicted octanol–water partition coefficient (Wildman–Crippen LogP) is 4.59. The molecule has 0 saturated carbocycles. The Bertz CT molecular complexity index is 902. The average molecular weight is 411 g/mol. The quantitative estimate of drug-likeness (QED) is 0.395. The number of hydrogen-bond donors (Lipinski definition) is 0. The first-order valence-electron chi connectivity index (χ1n) is 10.4. The van der Waals surface area contributed by atoms with Gasteiger partial charge in [0.1, 0.15) is 0 Å². The Labute approximate surface area is 177 Å². The molecule has 2 aromatic carbocycles. The molecular weight excluding hydrogens is 382 g/mol. The highest BCUT2D eigenvalue weighted by atomic mass is 17.2. The van der Waals surface area contributed by atoms with Gasteiger partial charge in [0.2, 0.25) is 0 Å². The summed E-state index contributed by atoms with van der Waals surface area (Å²) in [5, 5.41) is 0. The van der Waals surface area contributed by atoms with Crippen molar-refractivity contribution in [3.8, 4) is 0 Å². The summed E-state index contributed by atoms with van der Waals surface area (Å²) in [5.41, 5.74) is 2.80. The molecule has 1 amide bonds. The number of rotatable bonds is 6. The van der Waals surface area contributed by atoms with Crippen LogP contribution in [0.3, 0.4) is 0 Å². The van der Waals surface area contributed by atoms with Crippen LogP contribution in [0.25, 0.3) is 0 Å². The lowest BCUT2D eigenvalue weighted by Crippen LogP contribution is -2.47. The number of ether oxygens (including phenoxy) is 2. The molecular formula is C24H29NO5. The zero-order chi connectivity index (χ0) is 21.4. The predicted molar refractivity (Wildman–Crippen MR) is 112 cm³/mol. The summed E-state index contributed by atoms with van der Waals surface area (Å²) < 4.78 is 11.9. The van der Waals surface area contributed by atoms with Gasteiger partial charge in [-0.2, -0.15) is 4.89 Å². The number of carbonyl (C=O) groups excluding carboxylic acids is 1. The summed E-state index contributed by atoms with van der Waals surface area (Å²) in [5.74, 6) is -2.02. The maximum Gasteiger partial charge on any atom is 0.312 e. The largest absolute Gasteiger partial charge is 0.352 e. The van der Waals surface area contributed by atoms with Gasteiger partial charge in [-0.25, -0.2) is 4.89 Å². The molecule has 2 aliphatic heterocycles. The van der Waals surface area contributed by atoms with Gasteiger partial charge in [0.25, 0.3) is 5.91 Å². The molecule has 160 valence electrons. The van der Waals surface area contributed by atoms with Crippen LogP contribution in [-0.4, -0.2) is 24.4 Å². The van der Waals surface area contributed by atoms with Crippen LogP contribution in [0.5, 0.6) is 0 Å². The van der Waals surface area contributed by atoms with E-state index in [1.807, 2.05) is 76.2 Å². The fourth-order valence-corrected chi connectivity index (χ4v) is 3.82. The summed E-state index contributed by atoms with van der Waals surface area (Å²) >= 11 is 0. The zero-order valence-corrected chi connectivity index (χ0v) is 18.0. The van der Waals surface area contributed by atoms with Gasteiger partial charge in [-0.1, -0.05) is 48.5 Å². The Kier molecular flexibility index (Phi) is 5.68. The lowest BCUT2D eigenvalue weighted by molar-refractivity contribution is -0.463. The molecule has 1 fully saturated rings. The standard InChI is InChI=1S/C24H29NO5/c1-17-10-8-13-19-21(17)25(16-18-11-6-5-7-12-18)22(26)24(19,30-29-23(2,3)4)28-20-14-9-15-27-20/h5-8,10-13,20H,9,14-16H2,1-4H3. The van der Waals surface area contributed by atoms with E-state index in [1.54, 1.807) is 4.90 Å². The zero-order valence-electron chi connectivity index (χ0n) is 18.0. The Hall–Kier alpha value is -2.25. The average Bonchev–Trinajstić information content (AvgIpc) is 3.29. The summed E-state index contributed by atoms with van der Waals surface area (Å²) in [6.45, 7) is 8.59. The normalized spacial score (nSPS) is 23.8. The van der Waals surface area contributed by atoms with Gasteiger partial charge in [0.15, 0.2) is 6.29 Å². The molecule has 2 unspecified atom stereocenters. The molecule has 6 nitrogen and oxygen atoms in total. The molecule has 0 spiro atoms. The van der Waals surface area contributed by atoms with Gasteiger partial charge < -0.3 is 14.4 Å². The van der Waals surface area contributed by atoms with Crippen molar-refractivity contribution < 1.29 is 24.0 Å². The van der Waals surface area contributed by atoms with Crippen molar-refractivity contribution in [1.29, 1.82) is 0 Å². The van der Waals surface area contributed by atoms with E-state index in [0.29, 0.717) is 25.1 Å². The first-order chi connectivity index (χ1) is 14.3. The maximum absolute atomic E-state index is 13.9. The lowest BCUT2D eigenvalue weighted by atomic mass is 10.0. The van der Waals surface area contributed by atoms with Crippen LogP contribution in [0.4, 0.5) is 5.69 Å². The highest BCUT2D eigenvalue weighted by molar-refractivity contribution is 6.06. The van der Waals surface area contributed by atoms with Crippen LogP contribution in [-0.2, 0) is 36.4 Å². The SMILES string of the molecule is Cc1cccc2c1N(Cc1ccccc1)C(=O)C2(OOC(C)(C)C)OC1CCCO1. The number of para-hydroxylation sites is 1. The lowest BCUT2D eigenvalue weighted by Gasteiger charge is -2.32. The second kappa shape index (κ2) is 8.12. The van der Waals surface area contributed by atoms with E-state index in [9.17, 15) is 4.79 Å². The minimum absolute atomic E-state index is 0.310. The molecule has 0 bridgehead atoms. The van der Waals surface area contributed by atoms with Crippen LogP contribution < -0.4 is 4.90 Å². The molecule has 0 aliphatic carbocycles. The third-order valence-electron chi connectivity index (χ3n) is 5.17. The Balaban J connectivity index is 1.78. The Morgan fingerprint density at radius 1 is 1.13 bits per heavy atom. The molecule has 1 saturated heterocycles. The number of aryl methyl sites for hydroxylation is 1. The topological polar surface area (TPSA) is 57.2 Å². The van der Waals surface area contributed by atoms with Crippen LogP contribution in [0, 0.1) is 6.92 Å². The van der Waals surface area contributed by atoms with Crippen molar-refractivity contribution in [3.05, 3.63) is 65.2 Å². The van der Waals surface area contributed by atoms with Crippen LogP contribution in [0.1, 0.15) is 50.3 Å². The summed E-state index contributed by atoms with van der Waals surface area (Å²) in [4.78, 5) is 27.2. The second-order valence-electron chi connectivity index (χ2n) is 8.80. The third-order valence-corrected chi connectivity index (χ3v) is 5.17. The molecule has 0 aromatic heterocycles. The first-order valence-corrected chi connectivity index (χ1v) is 10.4. The number of carbonyl (C=O) groups is 1. The smallest absolute Gasteiger partial charge is 0.312 e. The van der Waals surface area contributed by atoms with E-state index in [2.05, 4.69) is 0 Å². The summed E-state index contributed by atoms with van der Waals surface area (Å²) in [6.07, 6.45) is 1.06. The number of fused-ring (bicyclic) bond motifs is 1. The highest BCUT2D eigenvalue weighted by Gasteiger charge is 2.57. The Morgan fingerprint density at radius 2 is 1.90 bits per heavy atom. The third kappa shape index (κ3) is 4.01. The molecule has 0 N–H and O–H groups in total. The van der Waals surface area contributed by atoms with E-state index < -0.39 is 17.7 Å². The number of hydrogen-bond acceptors (Lipinski definition) is 5. The molecule has 6 heteroatoms. The molecule has 2 atom stereocenters. The minimum Gasteiger partial charge on any atom is -0.352 e. The Morgan fingerprint density at radius 3 is 2.57 bits per heavy atom. The van der Waals surface area contributed by atoms with Gasteiger partial charge in [-0.3, -0.25) is 4.79 Å². The fraction of sp³-hybridized carbons (Fsp3) is 0.458. The van der Waals surface area contributed by atoms with E-state index in [0.717, 1.165) is 23.2 Å². The van der Waals surface area contributed by atoms with Crippen molar-refractivity contribution in [2.24, 2.45) is 0 Å². The van der Waals surface area contributed by atoms with E-state index in [1.165, 1.54) is 0 Å². The molecule has 4 rings (SSSR count). The van der Waals surface area contributed by atoms with Crippen LogP contribution in [0.2, 0.25) is 0 Å². The van der Waals surface area contributed by atoms with Crippen molar-refractivity contribution >= 4 is 11.6 Å². The minimum atomic E-state index is -1.71. The number of anilines is 1. The van der Waals surface area contributed by atoms with Gasteiger partial charge >= 0.3 is 5.79 Å². The monoisotopic (exact) mass is 411 g/mol. The summed E-state index contributed by atoms with van der Waals surface area (Å²) in [7, 11) is 0. The molecule has 2 heterocycles. The van der Waals surface area contributed by atoms with Crippen molar-refractivity contribution in [2.75, 3.05) is 11.5 Å². The van der Waals surface area contributed by atoms with Crippen molar-refractivity contribution in [3.63, 3.8) is 0 Å². The van der Waals surface area contributed by atoms with E-state index >= 15 is 0 Å². The summed E-state index contributed by atoms with van der Waals surface area (Å²) in [6, 6.07) is 15.6. The number of benzene rings is 2. The van der Waals surface area contributed by atoms with E-state index in [4.69, 9.17) is 19.2 Å². The van der Waals surface area contributed by atoms with Gasteiger partial charge in [-0.15, -0.1) is 0 Å². The molecule has 0 radical (unpaired) electrons. The fourth-order valence-electron chi connectivity index (χ4n) is 3.82. The van der Waals surface area contributed by atoms with Crippen LogP contribution >= 0.6 is 0 Å². The van der Waals surface area contributed by atoms with Gasteiger partial charge in [0, 0.05) is 18.6 Å². The van der Waals surface area contributed by atoms with Gasteiger partial charge in [0.05, 0.1) is 17.8 Å². The van der Waals surface area contributed by atoms with Crippen LogP contribution in [0.15, 0.2) is 48.5 Å². The molecule has 30 heavy (non-hydrogen) atoms. The molecule has 2 aliphatic rings. The highest BCUT2D eigenvalue weighted by Crippen LogP contribution is 2.48. The number of nitrogens with zero attached hydrogens (tertiary/aromatic N) is 1. The molecule has 2 aromatic rings. The first kappa shape index (κ1) is 21.0. The van der Waals surface area contributed by atoms with E-state index in [-0.39, 0.29) is 5.91 Å². The van der Waals surface area contributed by atoms with Crippen molar-refractivity contribution in [1.82, 2.24) is 0 Å².